The maximum Gasteiger partial charge on any atom is 0.228 e. The second-order valence-corrected chi connectivity index (χ2v) is 4.76. The van der Waals surface area contributed by atoms with Gasteiger partial charge < -0.3 is 21.1 Å². The molecule has 0 saturated heterocycles. The molecule has 2 amide bonds. The number of nitrogens with two attached hydrogens (primary N) is 1. The molecule has 1 unspecified atom stereocenters. The molecule has 0 radical (unpaired) electrons. The summed E-state index contributed by atoms with van der Waals surface area (Å²) in [6, 6.07) is 7.12. The van der Waals surface area contributed by atoms with Crippen molar-refractivity contribution >= 4 is 17.5 Å². The predicted molar refractivity (Wildman–Crippen MR) is 82.1 cm³/mol. The van der Waals surface area contributed by atoms with Crippen LogP contribution >= 0.6 is 0 Å². The highest BCUT2D eigenvalue weighted by Crippen LogP contribution is 2.24. The molecule has 116 valence electrons. The van der Waals surface area contributed by atoms with Gasteiger partial charge in [-0.15, -0.1) is 0 Å². The van der Waals surface area contributed by atoms with E-state index in [0.29, 0.717) is 18.0 Å². The first-order chi connectivity index (χ1) is 10.0. The van der Waals surface area contributed by atoms with Gasteiger partial charge in [-0.3, -0.25) is 9.59 Å². The van der Waals surface area contributed by atoms with Crippen LogP contribution in [-0.4, -0.2) is 31.5 Å². The fourth-order valence-electron chi connectivity index (χ4n) is 1.67. The molecule has 1 aromatic rings. The number of anilines is 1. The van der Waals surface area contributed by atoms with Crippen molar-refractivity contribution in [3.05, 3.63) is 24.3 Å². The van der Waals surface area contributed by atoms with E-state index in [4.69, 9.17) is 10.5 Å². The second-order valence-electron chi connectivity index (χ2n) is 4.76. The summed E-state index contributed by atoms with van der Waals surface area (Å²) in [6.07, 6.45) is 0.138. The molecule has 0 aromatic heterocycles. The highest BCUT2D eigenvalue weighted by atomic mass is 16.5. The van der Waals surface area contributed by atoms with Crippen LogP contribution in [-0.2, 0) is 9.59 Å². The standard InChI is InChI=1S/C15H23N3O3/c1-3-17-10-11(2)15(20)18-12-6-4-5-7-13(12)21-9-8-14(16)19/h4-7,11,17H,3,8-10H2,1-2H3,(H2,16,19)(H,18,20). The van der Waals surface area contributed by atoms with Crippen LogP contribution in [0, 0.1) is 5.92 Å². The number of hydrogen-bond acceptors (Lipinski definition) is 4. The van der Waals surface area contributed by atoms with Crippen molar-refractivity contribution in [2.75, 3.05) is 25.0 Å². The Labute approximate surface area is 125 Å². The van der Waals surface area contributed by atoms with Gasteiger partial charge in [-0.25, -0.2) is 0 Å². The zero-order valence-electron chi connectivity index (χ0n) is 12.5. The molecule has 4 N–H and O–H groups in total. The minimum absolute atomic E-state index is 0.0816. The third-order valence-corrected chi connectivity index (χ3v) is 2.90. The van der Waals surface area contributed by atoms with Crippen molar-refractivity contribution < 1.29 is 14.3 Å². The summed E-state index contributed by atoms with van der Waals surface area (Å²) in [4.78, 5) is 22.8. The summed E-state index contributed by atoms with van der Waals surface area (Å²) in [7, 11) is 0. The quantitative estimate of drug-likeness (QED) is 0.636. The Bertz CT molecular complexity index is 477. The van der Waals surface area contributed by atoms with Crippen LogP contribution < -0.4 is 21.1 Å². The average Bonchev–Trinajstić information content (AvgIpc) is 2.46. The Morgan fingerprint density at radius 2 is 2.05 bits per heavy atom. The van der Waals surface area contributed by atoms with Gasteiger partial charge in [0.05, 0.1) is 18.7 Å². The molecule has 1 atom stereocenters. The predicted octanol–water partition coefficient (Wildman–Crippen LogP) is 1.12. The summed E-state index contributed by atoms with van der Waals surface area (Å²) < 4.78 is 5.48. The van der Waals surface area contributed by atoms with Gasteiger partial charge in [0.25, 0.3) is 0 Å². The topological polar surface area (TPSA) is 93.4 Å². The number of nitrogens with one attached hydrogen (secondary N) is 2. The van der Waals surface area contributed by atoms with E-state index < -0.39 is 5.91 Å². The average molecular weight is 293 g/mol. The number of para-hydroxylation sites is 2. The van der Waals surface area contributed by atoms with Crippen molar-refractivity contribution in [1.29, 1.82) is 0 Å². The number of benzene rings is 1. The number of carbonyl (C=O) groups is 2. The van der Waals surface area contributed by atoms with Crippen LogP contribution in [0.25, 0.3) is 0 Å². The largest absolute Gasteiger partial charge is 0.491 e. The Kier molecular flexibility index (Phi) is 7.25. The van der Waals surface area contributed by atoms with Crippen molar-refractivity contribution in [2.45, 2.75) is 20.3 Å². The van der Waals surface area contributed by atoms with E-state index in [1.54, 1.807) is 18.2 Å². The number of carbonyl (C=O) groups excluding carboxylic acids is 2. The number of hydrogen-bond donors (Lipinski definition) is 3. The van der Waals surface area contributed by atoms with Gasteiger partial charge in [-0.05, 0) is 18.7 Å². The Hall–Kier alpha value is -2.08. The van der Waals surface area contributed by atoms with Gasteiger partial charge >= 0.3 is 0 Å². The van der Waals surface area contributed by atoms with E-state index in [2.05, 4.69) is 10.6 Å². The second kappa shape index (κ2) is 8.97. The molecule has 0 fully saturated rings. The lowest BCUT2D eigenvalue weighted by Crippen LogP contribution is -2.30. The maximum atomic E-state index is 12.1. The third kappa shape index (κ3) is 6.27. The van der Waals surface area contributed by atoms with E-state index in [0.717, 1.165) is 6.54 Å². The third-order valence-electron chi connectivity index (χ3n) is 2.90. The molecule has 0 aliphatic heterocycles. The first-order valence-corrected chi connectivity index (χ1v) is 7.06. The minimum Gasteiger partial charge on any atom is -0.491 e. The Morgan fingerprint density at radius 1 is 1.33 bits per heavy atom. The summed E-state index contributed by atoms with van der Waals surface area (Å²) in [5, 5.41) is 5.97. The molecule has 0 spiro atoms. The molecule has 1 aromatic carbocycles. The first kappa shape index (κ1) is 17.0. The molecule has 0 aliphatic carbocycles. The number of ether oxygens (including phenoxy) is 1. The fraction of sp³-hybridized carbons (Fsp3) is 0.467. The molecular formula is C15H23N3O3. The van der Waals surface area contributed by atoms with E-state index in [1.807, 2.05) is 19.9 Å². The van der Waals surface area contributed by atoms with Gasteiger partial charge in [0.2, 0.25) is 11.8 Å². The maximum absolute atomic E-state index is 12.1. The molecule has 0 heterocycles. The molecule has 21 heavy (non-hydrogen) atoms. The summed E-state index contributed by atoms with van der Waals surface area (Å²) in [5.74, 6) is -0.121. The summed E-state index contributed by atoms with van der Waals surface area (Å²) >= 11 is 0. The van der Waals surface area contributed by atoms with E-state index in [-0.39, 0.29) is 24.9 Å². The van der Waals surface area contributed by atoms with Crippen LogP contribution in [0.15, 0.2) is 24.3 Å². The molecule has 6 nitrogen and oxygen atoms in total. The number of primary amides is 1. The molecule has 0 bridgehead atoms. The van der Waals surface area contributed by atoms with E-state index in [9.17, 15) is 9.59 Å². The first-order valence-electron chi connectivity index (χ1n) is 7.06. The SMILES string of the molecule is CCNCC(C)C(=O)Nc1ccccc1OCCC(N)=O. The lowest BCUT2D eigenvalue weighted by Gasteiger charge is -2.15. The normalized spacial score (nSPS) is 11.7. The minimum atomic E-state index is -0.421. The monoisotopic (exact) mass is 293 g/mol. The van der Waals surface area contributed by atoms with Gasteiger partial charge in [0, 0.05) is 12.5 Å². The Morgan fingerprint density at radius 3 is 2.71 bits per heavy atom. The van der Waals surface area contributed by atoms with Crippen molar-refractivity contribution in [2.24, 2.45) is 11.7 Å². The molecule has 1 rings (SSSR count). The van der Waals surface area contributed by atoms with Crippen LogP contribution in [0.1, 0.15) is 20.3 Å². The lowest BCUT2D eigenvalue weighted by atomic mass is 10.1. The molecule has 6 heteroatoms. The van der Waals surface area contributed by atoms with Crippen LogP contribution in [0.5, 0.6) is 5.75 Å². The Balaban J connectivity index is 2.61. The van der Waals surface area contributed by atoms with Crippen LogP contribution in [0.2, 0.25) is 0 Å². The van der Waals surface area contributed by atoms with Gasteiger partial charge in [-0.1, -0.05) is 26.0 Å². The number of rotatable bonds is 9. The van der Waals surface area contributed by atoms with Crippen molar-refractivity contribution in [3.63, 3.8) is 0 Å². The van der Waals surface area contributed by atoms with E-state index >= 15 is 0 Å². The van der Waals surface area contributed by atoms with Crippen LogP contribution in [0.4, 0.5) is 5.69 Å². The molecule has 0 saturated carbocycles. The van der Waals surface area contributed by atoms with E-state index in [1.165, 1.54) is 0 Å². The lowest BCUT2D eigenvalue weighted by molar-refractivity contribution is -0.119. The number of amides is 2. The molecular weight excluding hydrogens is 270 g/mol. The van der Waals surface area contributed by atoms with Gasteiger partial charge in [-0.2, -0.15) is 0 Å². The summed E-state index contributed by atoms with van der Waals surface area (Å²) in [6.45, 7) is 5.48. The fourth-order valence-corrected chi connectivity index (χ4v) is 1.67. The van der Waals surface area contributed by atoms with Crippen molar-refractivity contribution in [3.8, 4) is 5.75 Å². The zero-order chi connectivity index (χ0) is 15.7. The summed E-state index contributed by atoms with van der Waals surface area (Å²) in [5.41, 5.74) is 5.66. The zero-order valence-corrected chi connectivity index (χ0v) is 12.5. The smallest absolute Gasteiger partial charge is 0.228 e. The highest BCUT2D eigenvalue weighted by Gasteiger charge is 2.14. The van der Waals surface area contributed by atoms with Crippen LogP contribution in [0.3, 0.4) is 0 Å². The van der Waals surface area contributed by atoms with Gasteiger partial charge in [0.1, 0.15) is 5.75 Å². The molecule has 0 aliphatic rings. The van der Waals surface area contributed by atoms with Gasteiger partial charge in [0.15, 0.2) is 0 Å². The van der Waals surface area contributed by atoms with Crippen molar-refractivity contribution in [1.82, 2.24) is 5.32 Å². The highest BCUT2D eigenvalue weighted by molar-refractivity contribution is 5.93.